The number of aryl methyl sites for hydroxylation is 4. The first-order chi connectivity index (χ1) is 12.8. The third kappa shape index (κ3) is 4.15. The van der Waals surface area contributed by atoms with Gasteiger partial charge in [0.2, 0.25) is 7.49 Å². The Kier molecular flexibility index (Phi) is 5.84. The van der Waals surface area contributed by atoms with Gasteiger partial charge in [-0.25, -0.2) is 4.52 Å². The molecule has 0 amide bonds. The van der Waals surface area contributed by atoms with Crippen molar-refractivity contribution in [1.82, 2.24) is 0 Å². The van der Waals surface area contributed by atoms with E-state index in [9.17, 15) is 0 Å². The Balaban J connectivity index is 2.41. The van der Waals surface area contributed by atoms with E-state index in [-0.39, 0.29) is 6.10 Å². The molecule has 0 unspecified atom stereocenters. The quantitative estimate of drug-likeness (QED) is 0.530. The average molecular weight is 377 g/mol. The van der Waals surface area contributed by atoms with Crippen molar-refractivity contribution in [1.29, 1.82) is 0 Å². The Bertz CT molecular complexity index is 836. The van der Waals surface area contributed by atoms with E-state index < -0.39 is 7.49 Å². The lowest BCUT2D eigenvalue weighted by molar-refractivity contribution is 0.272. The molecule has 0 spiro atoms. The van der Waals surface area contributed by atoms with E-state index in [0.29, 0.717) is 0 Å². The van der Waals surface area contributed by atoms with Gasteiger partial charge in [-0.15, -0.1) is 0 Å². The van der Waals surface area contributed by atoms with E-state index in [4.69, 9.17) is 4.52 Å². The molecule has 0 radical (unpaired) electrons. The first-order valence-corrected chi connectivity index (χ1v) is 11.3. The third-order valence-electron chi connectivity index (χ3n) is 4.63. The zero-order valence-corrected chi connectivity index (χ0v) is 18.2. The van der Waals surface area contributed by atoms with E-state index >= 15 is 0 Å². The van der Waals surface area contributed by atoms with Crippen LogP contribution in [0.2, 0.25) is 0 Å². The van der Waals surface area contributed by atoms with Crippen molar-refractivity contribution in [2.75, 3.05) is 0 Å². The summed E-state index contributed by atoms with van der Waals surface area (Å²) < 4.78 is 6.93. The summed E-state index contributed by atoms with van der Waals surface area (Å²) in [6.07, 6.45) is 0.125. The highest BCUT2D eigenvalue weighted by atomic mass is 31.2. The molecule has 0 aliphatic carbocycles. The Morgan fingerprint density at radius 2 is 1.00 bits per heavy atom. The maximum Gasteiger partial charge on any atom is 0.242 e. The van der Waals surface area contributed by atoms with Gasteiger partial charge < -0.3 is 0 Å². The monoisotopic (exact) mass is 377 g/mol. The van der Waals surface area contributed by atoms with Gasteiger partial charge in [-0.05, 0) is 100 Å². The molecular formula is C25H30OP+. The van der Waals surface area contributed by atoms with E-state index in [1.54, 1.807) is 0 Å². The Labute approximate surface area is 164 Å². The molecule has 0 aromatic heterocycles. The van der Waals surface area contributed by atoms with Crippen molar-refractivity contribution in [2.24, 2.45) is 0 Å². The number of hydrogen-bond acceptors (Lipinski definition) is 1. The summed E-state index contributed by atoms with van der Waals surface area (Å²) in [6, 6.07) is 24.5. The predicted molar refractivity (Wildman–Crippen MR) is 120 cm³/mol. The molecule has 1 nitrogen and oxygen atoms in total. The van der Waals surface area contributed by atoms with Crippen LogP contribution in [0.3, 0.4) is 0 Å². The number of hydrogen-bond donors (Lipinski definition) is 0. The fourth-order valence-electron chi connectivity index (χ4n) is 3.85. The van der Waals surface area contributed by atoms with Gasteiger partial charge in [0.25, 0.3) is 0 Å². The Morgan fingerprint density at radius 3 is 1.37 bits per heavy atom. The lowest BCUT2D eigenvalue weighted by atomic mass is 10.2. The number of rotatable bonds is 5. The highest BCUT2D eigenvalue weighted by Gasteiger charge is 2.49. The fourth-order valence-corrected chi connectivity index (χ4v) is 7.87. The second kappa shape index (κ2) is 7.97. The summed E-state index contributed by atoms with van der Waals surface area (Å²) in [7, 11) is -2.22. The molecule has 0 saturated carbocycles. The second-order valence-corrected chi connectivity index (χ2v) is 10.8. The molecule has 0 atom stereocenters. The van der Waals surface area contributed by atoms with Gasteiger partial charge in [-0.1, -0.05) is 30.3 Å². The van der Waals surface area contributed by atoms with Crippen molar-refractivity contribution < 1.29 is 4.52 Å². The molecule has 0 heterocycles. The smallest absolute Gasteiger partial charge is 0.219 e. The molecule has 27 heavy (non-hydrogen) atoms. The van der Waals surface area contributed by atoms with Crippen LogP contribution in [0, 0.1) is 27.7 Å². The molecule has 3 aromatic carbocycles. The number of benzene rings is 3. The standard InChI is InChI=1S/C25H30OP/c1-18(2)26-27(23-10-8-7-9-11-23,24-14-19(3)12-20(4)15-24)25-16-21(5)13-22(6)17-25/h7-18H,1-6H3/q+1. The summed E-state index contributed by atoms with van der Waals surface area (Å²) in [5, 5.41) is 3.86. The average Bonchev–Trinajstić information content (AvgIpc) is 2.58. The third-order valence-corrected chi connectivity index (χ3v) is 8.36. The summed E-state index contributed by atoms with van der Waals surface area (Å²) >= 11 is 0. The van der Waals surface area contributed by atoms with Crippen molar-refractivity contribution in [3.05, 3.63) is 89.0 Å². The molecule has 2 heteroatoms. The minimum atomic E-state index is -2.22. The van der Waals surface area contributed by atoms with Crippen LogP contribution in [0.25, 0.3) is 0 Å². The van der Waals surface area contributed by atoms with Gasteiger partial charge in [-0.2, -0.15) is 0 Å². The first kappa shape index (κ1) is 19.8. The summed E-state index contributed by atoms with van der Waals surface area (Å²) in [5.74, 6) is 0. The lowest BCUT2D eigenvalue weighted by Gasteiger charge is -2.28. The van der Waals surface area contributed by atoms with Crippen molar-refractivity contribution in [3.63, 3.8) is 0 Å². The SMILES string of the molecule is Cc1cc(C)cc([P+](OC(C)C)(c2ccccc2)c2cc(C)cc(C)c2)c1. The van der Waals surface area contributed by atoms with Crippen LogP contribution in [-0.4, -0.2) is 6.10 Å². The van der Waals surface area contributed by atoms with Gasteiger partial charge >= 0.3 is 0 Å². The van der Waals surface area contributed by atoms with Crippen LogP contribution < -0.4 is 15.9 Å². The van der Waals surface area contributed by atoms with Crippen LogP contribution in [0.1, 0.15) is 36.1 Å². The summed E-state index contributed by atoms with van der Waals surface area (Å²) in [6.45, 7) is 13.0. The zero-order valence-electron chi connectivity index (χ0n) is 17.3. The molecule has 0 bridgehead atoms. The lowest BCUT2D eigenvalue weighted by Crippen LogP contribution is -2.35. The van der Waals surface area contributed by atoms with E-state index in [0.717, 1.165) is 0 Å². The normalized spacial score (nSPS) is 11.8. The fraction of sp³-hybridized carbons (Fsp3) is 0.280. The van der Waals surface area contributed by atoms with E-state index in [1.807, 2.05) is 0 Å². The van der Waals surface area contributed by atoms with Gasteiger partial charge in [0, 0.05) is 0 Å². The maximum absolute atomic E-state index is 6.93. The molecule has 0 N–H and O–H groups in total. The molecule has 0 fully saturated rings. The van der Waals surface area contributed by atoms with Crippen LogP contribution in [0.4, 0.5) is 0 Å². The van der Waals surface area contributed by atoms with Gasteiger partial charge in [0.05, 0.1) is 6.10 Å². The summed E-state index contributed by atoms with van der Waals surface area (Å²) in [4.78, 5) is 0. The second-order valence-electron chi connectivity index (χ2n) is 7.79. The van der Waals surface area contributed by atoms with Crippen molar-refractivity contribution >= 4 is 23.4 Å². The first-order valence-electron chi connectivity index (χ1n) is 9.62. The van der Waals surface area contributed by atoms with Gasteiger partial charge in [0.15, 0.2) is 0 Å². The topological polar surface area (TPSA) is 9.23 Å². The van der Waals surface area contributed by atoms with Crippen LogP contribution in [-0.2, 0) is 4.52 Å². The van der Waals surface area contributed by atoms with Crippen molar-refractivity contribution in [2.45, 2.75) is 47.6 Å². The van der Waals surface area contributed by atoms with Crippen molar-refractivity contribution in [3.8, 4) is 0 Å². The molecule has 0 aliphatic heterocycles. The molecule has 3 aromatic rings. The maximum atomic E-state index is 6.93. The molecular weight excluding hydrogens is 347 g/mol. The van der Waals surface area contributed by atoms with Crippen LogP contribution in [0.15, 0.2) is 66.7 Å². The predicted octanol–water partition coefficient (Wildman–Crippen LogP) is 5.55. The van der Waals surface area contributed by atoms with E-state index in [2.05, 4.69) is 108 Å². The minimum Gasteiger partial charge on any atom is -0.219 e. The molecule has 3 rings (SSSR count). The Morgan fingerprint density at radius 1 is 0.593 bits per heavy atom. The van der Waals surface area contributed by atoms with Crippen LogP contribution >= 0.6 is 7.49 Å². The summed E-state index contributed by atoms with van der Waals surface area (Å²) in [5.41, 5.74) is 5.12. The molecule has 0 aliphatic rings. The van der Waals surface area contributed by atoms with Gasteiger partial charge in [0.1, 0.15) is 15.9 Å². The Hall–Kier alpha value is -1.95. The highest BCUT2D eigenvalue weighted by Crippen LogP contribution is 2.57. The van der Waals surface area contributed by atoms with Crippen LogP contribution in [0.5, 0.6) is 0 Å². The van der Waals surface area contributed by atoms with E-state index in [1.165, 1.54) is 38.2 Å². The highest BCUT2D eigenvalue weighted by molar-refractivity contribution is 7.91. The van der Waals surface area contributed by atoms with Gasteiger partial charge in [-0.3, -0.25) is 0 Å². The minimum absolute atomic E-state index is 0.125. The zero-order chi connectivity index (χ0) is 19.6. The molecule has 140 valence electrons. The largest absolute Gasteiger partial charge is 0.242 e. The molecule has 0 saturated heterocycles.